The van der Waals surface area contributed by atoms with Gasteiger partial charge in [-0.2, -0.15) is 0 Å². The molecule has 0 unspecified atom stereocenters. The number of thioether (sulfide) groups is 1. The van der Waals surface area contributed by atoms with Crippen molar-refractivity contribution in [2.45, 2.75) is 19.3 Å². The Morgan fingerprint density at radius 3 is 2.86 bits per heavy atom. The second-order valence-corrected chi connectivity index (χ2v) is 4.51. The van der Waals surface area contributed by atoms with Gasteiger partial charge in [0.25, 0.3) is 0 Å². The molecule has 0 aromatic heterocycles. The van der Waals surface area contributed by atoms with Crippen LogP contribution in [0.4, 0.5) is 0 Å². The lowest BCUT2D eigenvalue weighted by Crippen LogP contribution is -2.26. The molecule has 1 aliphatic heterocycles. The number of carboxylic acids is 1. The van der Waals surface area contributed by atoms with E-state index >= 15 is 0 Å². The van der Waals surface area contributed by atoms with E-state index in [1.165, 1.54) is 6.08 Å². The van der Waals surface area contributed by atoms with Crippen molar-refractivity contribution in [1.29, 1.82) is 0 Å². The van der Waals surface area contributed by atoms with Crippen molar-refractivity contribution >= 4 is 23.5 Å². The van der Waals surface area contributed by atoms with Crippen LogP contribution in [0, 0.1) is 0 Å². The summed E-state index contributed by atoms with van der Waals surface area (Å²) in [7, 11) is 0. The first-order chi connectivity index (χ1) is 6.68. The third kappa shape index (κ3) is 1.62. The number of carbonyl (C=O) groups is 2. The summed E-state index contributed by atoms with van der Waals surface area (Å²) in [6.07, 6.45) is 3.16. The van der Waals surface area contributed by atoms with E-state index in [-0.39, 0.29) is 11.4 Å². The van der Waals surface area contributed by atoms with Gasteiger partial charge in [-0.3, -0.25) is 4.79 Å². The first-order valence-electron chi connectivity index (χ1n) is 4.49. The third-order valence-electron chi connectivity index (χ3n) is 2.41. The van der Waals surface area contributed by atoms with Gasteiger partial charge in [-0.05, 0) is 29.4 Å². The number of Topliss-reactive ketones (excluding diaryl/α,β-unsaturated/α-hetero) is 1. The number of aliphatic carboxylic acids is 1. The Balaban J connectivity index is 2.36. The van der Waals surface area contributed by atoms with Crippen LogP contribution < -0.4 is 5.11 Å². The summed E-state index contributed by atoms with van der Waals surface area (Å²) >= 11 is 1.67. The highest BCUT2D eigenvalue weighted by molar-refractivity contribution is 8.03. The van der Waals surface area contributed by atoms with E-state index in [2.05, 4.69) is 0 Å². The average Bonchev–Trinajstić information content (AvgIpc) is 2.18. The van der Waals surface area contributed by atoms with Crippen molar-refractivity contribution < 1.29 is 14.7 Å². The Hall–Kier alpha value is -1.03. The van der Waals surface area contributed by atoms with Crippen LogP contribution in [0.2, 0.25) is 0 Å². The zero-order valence-corrected chi connectivity index (χ0v) is 8.36. The molecule has 0 aromatic rings. The van der Waals surface area contributed by atoms with Crippen molar-refractivity contribution in [3.63, 3.8) is 0 Å². The minimum absolute atomic E-state index is 0.0669. The number of hydrogen-bond acceptors (Lipinski definition) is 4. The molecule has 0 saturated carbocycles. The molecule has 0 saturated heterocycles. The second kappa shape index (κ2) is 3.61. The summed E-state index contributed by atoms with van der Waals surface area (Å²) < 4.78 is 0. The molecule has 4 heteroatoms. The molecule has 0 atom stereocenters. The highest BCUT2D eigenvalue weighted by Gasteiger charge is 2.23. The standard InChI is InChI=1S/C10H10O3S/c11-8-3-4-14-9-2-1-6(10(12)13)5-7(8)9/h5H,1-4H2,(H,12,13)/p-1. The molecule has 74 valence electrons. The first-order valence-corrected chi connectivity index (χ1v) is 5.48. The van der Waals surface area contributed by atoms with Gasteiger partial charge in [-0.1, -0.05) is 0 Å². The molecule has 0 amide bonds. The maximum Gasteiger partial charge on any atom is 0.164 e. The van der Waals surface area contributed by atoms with Gasteiger partial charge in [0.05, 0.1) is 5.97 Å². The molecule has 2 rings (SSSR count). The van der Waals surface area contributed by atoms with Gasteiger partial charge in [0.15, 0.2) is 5.78 Å². The molecule has 0 N–H and O–H groups in total. The lowest BCUT2D eigenvalue weighted by atomic mass is 9.95. The van der Waals surface area contributed by atoms with Crippen molar-refractivity contribution in [3.8, 4) is 0 Å². The lowest BCUT2D eigenvalue weighted by molar-refractivity contribution is -0.299. The molecule has 3 nitrogen and oxygen atoms in total. The van der Waals surface area contributed by atoms with Crippen molar-refractivity contribution in [3.05, 3.63) is 22.1 Å². The number of ketones is 1. The van der Waals surface area contributed by atoms with E-state index in [4.69, 9.17) is 0 Å². The van der Waals surface area contributed by atoms with E-state index in [9.17, 15) is 14.7 Å². The van der Waals surface area contributed by atoms with Gasteiger partial charge >= 0.3 is 0 Å². The maximum atomic E-state index is 11.5. The van der Waals surface area contributed by atoms with Gasteiger partial charge in [-0.15, -0.1) is 11.8 Å². The van der Waals surface area contributed by atoms with Crippen LogP contribution in [0.15, 0.2) is 22.1 Å². The van der Waals surface area contributed by atoms with Gasteiger partial charge in [0.2, 0.25) is 0 Å². The maximum absolute atomic E-state index is 11.5. The smallest absolute Gasteiger partial charge is 0.164 e. The average molecular weight is 209 g/mol. The predicted octanol–water partition coefficient (Wildman–Crippen LogP) is 0.417. The van der Waals surface area contributed by atoms with Crippen molar-refractivity contribution in [2.75, 3.05) is 5.75 Å². The number of carboxylic acid groups (broad SMARTS) is 1. The fraction of sp³-hybridized carbons (Fsp3) is 0.400. The van der Waals surface area contributed by atoms with Gasteiger partial charge < -0.3 is 9.90 Å². The topological polar surface area (TPSA) is 57.2 Å². The van der Waals surface area contributed by atoms with Crippen LogP contribution in [-0.4, -0.2) is 17.5 Å². The molecule has 0 radical (unpaired) electrons. The molecule has 1 heterocycles. The Morgan fingerprint density at radius 1 is 1.36 bits per heavy atom. The molecule has 1 aliphatic carbocycles. The summed E-state index contributed by atoms with van der Waals surface area (Å²) in [6, 6.07) is 0. The SMILES string of the molecule is O=C([O-])C1=CC2=C(CC1)SCCC2=O. The van der Waals surface area contributed by atoms with E-state index in [0.717, 1.165) is 10.7 Å². The summed E-state index contributed by atoms with van der Waals surface area (Å²) in [5, 5.41) is 10.6. The van der Waals surface area contributed by atoms with Gasteiger partial charge in [0.1, 0.15) is 0 Å². The highest BCUT2D eigenvalue weighted by Crippen LogP contribution is 2.36. The molecule has 0 bridgehead atoms. The summed E-state index contributed by atoms with van der Waals surface area (Å²) in [6.45, 7) is 0. The molecular formula is C10H9O3S-. The van der Waals surface area contributed by atoms with E-state index in [0.29, 0.717) is 24.8 Å². The summed E-state index contributed by atoms with van der Waals surface area (Å²) in [5.74, 6) is -0.260. The molecule has 0 spiro atoms. The van der Waals surface area contributed by atoms with Crippen LogP contribution >= 0.6 is 11.8 Å². The normalized spacial score (nSPS) is 21.7. The van der Waals surface area contributed by atoms with Crippen LogP contribution in [0.3, 0.4) is 0 Å². The minimum atomic E-state index is -1.15. The Kier molecular flexibility index (Phi) is 2.46. The predicted molar refractivity (Wildman–Crippen MR) is 51.4 cm³/mol. The summed E-state index contributed by atoms with van der Waals surface area (Å²) in [5.41, 5.74) is 0.853. The van der Waals surface area contributed by atoms with Crippen molar-refractivity contribution in [1.82, 2.24) is 0 Å². The van der Waals surface area contributed by atoms with Crippen molar-refractivity contribution in [2.24, 2.45) is 0 Å². The van der Waals surface area contributed by atoms with Gasteiger partial charge in [-0.25, -0.2) is 0 Å². The molecule has 2 aliphatic rings. The van der Waals surface area contributed by atoms with Crippen LogP contribution in [0.1, 0.15) is 19.3 Å². The molecule has 14 heavy (non-hydrogen) atoms. The van der Waals surface area contributed by atoms with Crippen LogP contribution in [0.5, 0.6) is 0 Å². The molecule has 0 fully saturated rings. The monoisotopic (exact) mass is 209 g/mol. The minimum Gasteiger partial charge on any atom is -0.545 e. The Bertz CT molecular complexity index is 366. The number of hydrogen-bond donors (Lipinski definition) is 0. The fourth-order valence-corrected chi connectivity index (χ4v) is 2.77. The third-order valence-corrected chi connectivity index (χ3v) is 3.59. The van der Waals surface area contributed by atoms with Crippen LogP contribution in [0.25, 0.3) is 0 Å². The lowest BCUT2D eigenvalue weighted by Gasteiger charge is -2.22. The number of rotatable bonds is 1. The Morgan fingerprint density at radius 2 is 2.14 bits per heavy atom. The quantitative estimate of drug-likeness (QED) is 0.628. The largest absolute Gasteiger partial charge is 0.545 e. The van der Waals surface area contributed by atoms with E-state index in [1.54, 1.807) is 11.8 Å². The fourth-order valence-electron chi connectivity index (χ4n) is 1.66. The molecule has 0 aromatic carbocycles. The molecular weight excluding hydrogens is 200 g/mol. The zero-order chi connectivity index (χ0) is 10.1. The first kappa shape index (κ1) is 9.52. The van der Waals surface area contributed by atoms with Gasteiger partial charge in [0, 0.05) is 17.7 Å². The number of allylic oxidation sites excluding steroid dienone is 3. The Labute approximate surface area is 85.9 Å². The van der Waals surface area contributed by atoms with E-state index < -0.39 is 5.97 Å². The number of carbonyl (C=O) groups excluding carboxylic acids is 2. The highest BCUT2D eigenvalue weighted by atomic mass is 32.2. The zero-order valence-electron chi connectivity index (χ0n) is 7.54. The summed E-state index contributed by atoms with van der Waals surface area (Å²) in [4.78, 5) is 23.1. The van der Waals surface area contributed by atoms with E-state index in [1.807, 2.05) is 0 Å². The second-order valence-electron chi connectivity index (χ2n) is 3.32. The van der Waals surface area contributed by atoms with Crippen LogP contribution in [-0.2, 0) is 9.59 Å².